The Morgan fingerprint density at radius 3 is 2.67 bits per heavy atom. The number of benzene rings is 1. The molecule has 12 heavy (non-hydrogen) atoms. The first-order valence-electron chi connectivity index (χ1n) is 3.37. The fraction of sp³-hybridized carbons (Fsp3) is 0.111. The molecular formula is C9H7NO2. The van der Waals surface area contributed by atoms with Gasteiger partial charge in [0.05, 0.1) is 12.1 Å². The number of hydrogen-bond acceptors (Lipinski definition) is 1. The van der Waals surface area contributed by atoms with Crippen molar-refractivity contribution in [1.82, 2.24) is 0 Å². The molecule has 0 saturated heterocycles. The molecule has 0 amide bonds. The third-order valence-electron chi connectivity index (χ3n) is 1.59. The summed E-state index contributed by atoms with van der Waals surface area (Å²) in [5.74, 6) is -1.04. The van der Waals surface area contributed by atoms with Gasteiger partial charge in [-0.15, -0.1) is 0 Å². The molecule has 0 aliphatic rings. The molecule has 0 aliphatic heterocycles. The molecular weight excluding hydrogens is 154 g/mol. The average molecular weight is 161 g/mol. The zero-order chi connectivity index (χ0) is 9.14. The Labute approximate surface area is 70.1 Å². The first-order chi connectivity index (χ1) is 5.66. The predicted molar refractivity (Wildman–Crippen MR) is 44.4 cm³/mol. The van der Waals surface area contributed by atoms with E-state index >= 15 is 0 Å². The van der Waals surface area contributed by atoms with Gasteiger partial charge in [-0.1, -0.05) is 18.2 Å². The molecule has 1 N–H and O–H groups in total. The molecule has 0 aliphatic carbocycles. The average Bonchev–Trinajstić information content (AvgIpc) is 2.03. The van der Waals surface area contributed by atoms with E-state index in [1.807, 2.05) is 0 Å². The molecule has 0 aromatic heterocycles. The molecule has 1 aromatic rings. The van der Waals surface area contributed by atoms with Gasteiger partial charge in [0.1, 0.15) is 0 Å². The van der Waals surface area contributed by atoms with Gasteiger partial charge < -0.3 is 5.11 Å². The van der Waals surface area contributed by atoms with E-state index in [-0.39, 0.29) is 11.3 Å². The van der Waals surface area contributed by atoms with Gasteiger partial charge >= 0.3 is 5.97 Å². The normalized spacial score (nSPS) is 9.00. The van der Waals surface area contributed by atoms with Crippen LogP contribution in [0.2, 0.25) is 0 Å². The second kappa shape index (κ2) is 3.05. The van der Waals surface area contributed by atoms with Crippen molar-refractivity contribution >= 4 is 11.7 Å². The lowest BCUT2D eigenvalue weighted by atomic mass is 10.1. The second-order valence-electron chi connectivity index (χ2n) is 2.39. The van der Waals surface area contributed by atoms with Crippen molar-refractivity contribution in [2.75, 3.05) is 0 Å². The smallest absolute Gasteiger partial charge is 0.325 e. The standard InChI is InChI=1S/C9H7NO2/c1-6-4-3-5-7(10-2)8(6)9(11)12/h3-5H,1H3,(H,11,12). The quantitative estimate of drug-likeness (QED) is 0.642. The second-order valence-corrected chi connectivity index (χ2v) is 2.39. The Morgan fingerprint density at radius 2 is 2.25 bits per heavy atom. The van der Waals surface area contributed by atoms with Crippen molar-refractivity contribution in [1.29, 1.82) is 0 Å². The lowest BCUT2D eigenvalue weighted by Gasteiger charge is -2.00. The topological polar surface area (TPSA) is 41.7 Å². The third kappa shape index (κ3) is 1.28. The Morgan fingerprint density at radius 1 is 1.58 bits per heavy atom. The van der Waals surface area contributed by atoms with Crippen LogP contribution >= 0.6 is 0 Å². The van der Waals surface area contributed by atoms with E-state index < -0.39 is 5.97 Å². The number of rotatable bonds is 1. The number of nitrogens with zero attached hydrogens (tertiary/aromatic N) is 1. The van der Waals surface area contributed by atoms with Crippen molar-refractivity contribution in [3.63, 3.8) is 0 Å². The number of hydrogen-bond donors (Lipinski definition) is 1. The third-order valence-corrected chi connectivity index (χ3v) is 1.59. The fourth-order valence-electron chi connectivity index (χ4n) is 1.02. The monoisotopic (exact) mass is 161 g/mol. The highest BCUT2D eigenvalue weighted by Gasteiger charge is 2.11. The minimum absolute atomic E-state index is 0.104. The van der Waals surface area contributed by atoms with Crippen LogP contribution in [0.4, 0.5) is 5.69 Å². The molecule has 3 nitrogen and oxygen atoms in total. The van der Waals surface area contributed by atoms with Crippen molar-refractivity contribution in [3.8, 4) is 0 Å². The maximum absolute atomic E-state index is 10.7. The van der Waals surface area contributed by atoms with E-state index in [1.54, 1.807) is 19.1 Å². The fourth-order valence-corrected chi connectivity index (χ4v) is 1.02. The highest BCUT2D eigenvalue weighted by Crippen LogP contribution is 2.21. The predicted octanol–water partition coefficient (Wildman–Crippen LogP) is 2.24. The summed E-state index contributed by atoms with van der Waals surface area (Å²) in [6.45, 7) is 8.41. The number of aryl methyl sites for hydroxylation is 1. The molecule has 1 aromatic carbocycles. The summed E-state index contributed by atoms with van der Waals surface area (Å²) in [7, 11) is 0. The van der Waals surface area contributed by atoms with E-state index in [2.05, 4.69) is 4.85 Å². The van der Waals surface area contributed by atoms with Crippen molar-refractivity contribution < 1.29 is 9.90 Å². The van der Waals surface area contributed by atoms with Crippen LogP contribution in [0.25, 0.3) is 4.85 Å². The first-order valence-corrected chi connectivity index (χ1v) is 3.37. The summed E-state index contributed by atoms with van der Waals surface area (Å²) in [5, 5.41) is 8.73. The van der Waals surface area contributed by atoms with E-state index in [0.29, 0.717) is 5.56 Å². The zero-order valence-corrected chi connectivity index (χ0v) is 6.53. The van der Waals surface area contributed by atoms with Crippen LogP contribution in [0.5, 0.6) is 0 Å². The largest absolute Gasteiger partial charge is 0.479 e. The zero-order valence-electron chi connectivity index (χ0n) is 6.53. The Hall–Kier alpha value is -1.82. The van der Waals surface area contributed by atoms with Gasteiger partial charge in [-0.2, -0.15) is 0 Å². The van der Waals surface area contributed by atoms with Crippen molar-refractivity contribution in [2.24, 2.45) is 0 Å². The van der Waals surface area contributed by atoms with Gasteiger partial charge in [0.25, 0.3) is 0 Å². The van der Waals surface area contributed by atoms with Crippen LogP contribution in [0.1, 0.15) is 15.9 Å². The minimum atomic E-state index is -1.04. The molecule has 0 fully saturated rings. The highest BCUT2D eigenvalue weighted by molar-refractivity contribution is 5.96. The van der Waals surface area contributed by atoms with Crippen molar-refractivity contribution in [2.45, 2.75) is 6.92 Å². The number of carbonyl (C=O) groups is 1. The van der Waals surface area contributed by atoms with Gasteiger partial charge in [0.2, 0.25) is 5.69 Å². The molecule has 1 rings (SSSR count). The van der Waals surface area contributed by atoms with E-state index in [1.165, 1.54) is 6.07 Å². The summed E-state index contributed by atoms with van der Waals surface area (Å²) < 4.78 is 0. The Balaban J connectivity index is 3.42. The summed E-state index contributed by atoms with van der Waals surface area (Å²) >= 11 is 0. The van der Waals surface area contributed by atoms with Crippen molar-refractivity contribution in [3.05, 3.63) is 40.7 Å². The maximum atomic E-state index is 10.7. The first kappa shape index (κ1) is 8.28. The van der Waals surface area contributed by atoms with E-state index in [0.717, 1.165) is 0 Å². The summed E-state index contributed by atoms with van der Waals surface area (Å²) in [4.78, 5) is 13.8. The van der Waals surface area contributed by atoms with Crippen LogP contribution in [0, 0.1) is 13.5 Å². The molecule has 0 bridgehead atoms. The highest BCUT2D eigenvalue weighted by atomic mass is 16.4. The molecule has 0 saturated carbocycles. The van der Waals surface area contributed by atoms with Crippen LogP contribution in [-0.2, 0) is 0 Å². The van der Waals surface area contributed by atoms with Gasteiger partial charge in [0, 0.05) is 0 Å². The molecule has 3 heteroatoms. The van der Waals surface area contributed by atoms with Gasteiger partial charge in [0.15, 0.2) is 0 Å². The van der Waals surface area contributed by atoms with Crippen LogP contribution < -0.4 is 0 Å². The molecule has 0 atom stereocenters. The number of aromatic carboxylic acids is 1. The SMILES string of the molecule is [C-]#[N+]c1cccc(C)c1C(=O)O. The summed E-state index contributed by atoms with van der Waals surface area (Å²) in [5.41, 5.74) is 0.922. The number of carboxylic acid groups (broad SMARTS) is 1. The molecule has 0 unspecified atom stereocenters. The van der Waals surface area contributed by atoms with E-state index in [4.69, 9.17) is 11.7 Å². The molecule has 60 valence electrons. The van der Waals surface area contributed by atoms with E-state index in [9.17, 15) is 4.79 Å². The van der Waals surface area contributed by atoms with Crippen LogP contribution in [0.3, 0.4) is 0 Å². The Bertz CT molecular complexity index is 363. The maximum Gasteiger partial charge on any atom is 0.325 e. The summed E-state index contributed by atoms with van der Waals surface area (Å²) in [6.07, 6.45) is 0. The Kier molecular flexibility index (Phi) is 2.11. The van der Waals surface area contributed by atoms with Gasteiger partial charge in [-0.3, -0.25) is 0 Å². The summed E-state index contributed by atoms with van der Waals surface area (Å²) in [6, 6.07) is 4.86. The van der Waals surface area contributed by atoms with Crippen LogP contribution in [-0.4, -0.2) is 11.1 Å². The molecule has 0 heterocycles. The van der Waals surface area contributed by atoms with Crippen LogP contribution in [0.15, 0.2) is 18.2 Å². The van der Waals surface area contributed by atoms with Gasteiger partial charge in [-0.25, -0.2) is 9.64 Å². The van der Waals surface area contributed by atoms with Gasteiger partial charge in [-0.05, 0) is 12.5 Å². The minimum Gasteiger partial charge on any atom is -0.479 e. The molecule has 0 spiro atoms. The molecule has 0 radical (unpaired) electrons. The number of carboxylic acids is 1. The lowest BCUT2D eigenvalue weighted by molar-refractivity contribution is 0.0697. The lowest BCUT2D eigenvalue weighted by Crippen LogP contribution is -1.99.